The predicted octanol–water partition coefficient (Wildman–Crippen LogP) is 0.342. The molecule has 9 heteroatoms. The number of hydrogen-bond donors (Lipinski definition) is 1. The van der Waals surface area contributed by atoms with E-state index in [-0.39, 0.29) is 23.5 Å². The number of pyridine rings is 1. The van der Waals surface area contributed by atoms with E-state index in [1.165, 1.54) is 6.20 Å². The highest BCUT2D eigenvalue weighted by molar-refractivity contribution is 7.91. The molecule has 1 unspecified atom stereocenters. The number of sulfone groups is 1. The summed E-state index contributed by atoms with van der Waals surface area (Å²) in [6.45, 7) is 2.84. The number of amides is 1. The Kier molecular flexibility index (Phi) is 4.62. The van der Waals surface area contributed by atoms with Crippen LogP contribution < -0.4 is 10.2 Å². The van der Waals surface area contributed by atoms with E-state index >= 15 is 0 Å². The van der Waals surface area contributed by atoms with Crippen LogP contribution in [0.15, 0.2) is 18.5 Å². The molecule has 3 saturated heterocycles. The molecule has 142 valence electrons. The normalized spacial score (nSPS) is 26.9. The summed E-state index contributed by atoms with van der Waals surface area (Å²) in [5.74, 6) is -0.569. The lowest BCUT2D eigenvalue weighted by Crippen LogP contribution is -2.45. The summed E-state index contributed by atoms with van der Waals surface area (Å²) in [6.07, 6.45) is 5.28. The van der Waals surface area contributed by atoms with Crippen molar-refractivity contribution in [1.29, 1.82) is 0 Å². The SMILES string of the molecule is O=C(NC1CCS(=O)(=O)C1)c1cncc(N2CCC3(CC2)OCCO3)c1. The van der Waals surface area contributed by atoms with Gasteiger partial charge in [0.25, 0.3) is 5.91 Å². The number of hydrogen-bond acceptors (Lipinski definition) is 7. The number of anilines is 1. The molecule has 4 heterocycles. The zero-order valence-electron chi connectivity index (χ0n) is 14.5. The third-order valence-electron chi connectivity index (χ3n) is 5.26. The van der Waals surface area contributed by atoms with Crippen molar-refractivity contribution in [3.05, 3.63) is 24.0 Å². The molecule has 8 nitrogen and oxygen atoms in total. The summed E-state index contributed by atoms with van der Waals surface area (Å²) < 4.78 is 34.6. The maximum absolute atomic E-state index is 12.4. The molecule has 0 saturated carbocycles. The molecule has 1 amide bonds. The largest absolute Gasteiger partial charge is 0.370 e. The first-order valence-corrected chi connectivity index (χ1v) is 10.8. The first-order valence-electron chi connectivity index (χ1n) is 8.94. The van der Waals surface area contributed by atoms with Crippen molar-refractivity contribution in [2.24, 2.45) is 0 Å². The molecule has 3 aliphatic heterocycles. The molecule has 0 aliphatic carbocycles. The molecule has 0 radical (unpaired) electrons. The molecule has 26 heavy (non-hydrogen) atoms. The quantitative estimate of drug-likeness (QED) is 0.806. The number of nitrogens with one attached hydrogen (secondary N) is 1. The van der Waals surface area contributed by atoms with Crippen molar-refractivity contribution in [3.8, 4) is 0 Å². The van der Waals surface area contributed by atoms with Gasteiger partial charge in [-0.25, -0.2) is 8.42 Å². The van der Waals surface area contributed by atoms with Crippen molar-refractivity contribution in [2.75, 3.05) is 42.7 Å². The second kappa shape index (κ2) is 6.79. The fraction of sp³-hybridized carbons (Fsp3) is 0.647. The van der Waals surface area contributed by atoms with Crippen molar-refractivity contribution in [1.82, 2.24) is 10.3 Å². The Balaban J connectivity index is 1.39. The zero-order valence-corrected chi connectivity index (χ0v) is 15.3. The summed E-state index contributed by atoms with van der Waals surface area (Å²) >= 11 is 0. The Morgan fingerprint density at radius 3 is 2.62 bits per heavy atom. The van der Waals surface area contributed by atoms with Crippen molar-refractivity contribution in [3.63, 3.8) is 0 Å². The lowest BCUT2D eigenvalue weighted by atomic mass is 10.0. The lowest BCUT2D eigenvalue weighted by molar-refractivity contribution is -0.169. The Morgan fingerprint density at radius 2 is 1.96 bits per heavy atom. The van der Waals surface area contributed by atoms with Crippen LogP contribution in [0.1, 0.15) is 29.6 Å². The fourth-order valence-corrected chi connectivity index (χ4v) is 5.47. The number of aromatic nitrogens is 1. The van der Waals surface area contributed by atoms with Crippen LogP contribution in [-0.4, -0.2) is 68.9 Å². The van der Waals surface area contributed by atoms with Gasteiger partial charge in [-0.2, -0.15) is 0 Å². The van der Waals surface area contributed by atoms with Gasteiger partial charge >= 0.3 is 0 Å². The van der Waals surface area contributed by atoms with Crippen molar-refractivity contribution in [2.45, 2.75) is 31.1 Å². The van der Waals surface area contributed by atoms with E-state index in [4.69, 9.17) is 9.47 Å². The van der Waals surface area contributed by atoms with Crippen LogP contribution >= 0.6 is 0 Å². The van der Waals surface area contributed by atoms with Gasteiger partial charge < -0.3 is 19.7 Å². The summed E-state index contributed by atoms with van der Waals surface area (Å²) in [5, 5.41) is 2.80. The van der Waals surface area contributed by atoms with Gasteiger partial charge in [0.1, 0.15) is 0 Å². The second-order valence-corrected chi connectivity index (χ2v) is 9.33. The van der Waals surface area contributed by atoms with Crippen LogP contribution in [0.3, 0.4) is 0 Å². The van der Waals surface area contributed by atoms with Gasteiger partial charge in [-0.05, 0) is 12.5 Å². The molecule has 4 rings (SSSR count). The minimum Gasteiger partial charge on any atom is -0.370 e. The molecule has 3 aliphatic rings. The monoisotopic (exact) mass is 381 g/mol. The van der Waals surface area contributed by atoms with E-state index < -0.39 is 15.6 Å². The molecule has 0 bridgehead atoms. The highest BCUT2D eigenvalue weighted by atomic mass is 32.2. The Bertz CT molecular complexity index is 781. The zero-order chi connectivity index (χ0) is 18.2. The van der Waals surface area contributed by atoms with Crippen LogP contribution in [0.2, 0.25) is 0 Å². The molecule has 1 aromatic rings. The smallest absolute Gasteiger partial charge is 0.253 e. The predicted molar refractivity (Wildman–Crippen MR) is 94.8 cm³/mol. The van der Waals surface area contributed by atoms with Gasteiger partial charge in [0.2, 0.25) is 0 Å². The van der Waals surface area contributed by atoms with Gasteiger partial charge in [0.15, 0.2) is 15.6 Å². The third kappa shape index (κ3) is 3.70. The van der Waals surface area contributed by atoms with Crippen LogP contribution in [0.5, 0.6) is 0 Å². The number of carbonyl (C=O) groups is 1. The number of carbonyl (C=O) groups excluding carboxylic acids is 1. The lowest BCUT2D eigenvalue weighted by Gasteiger charge is -2.38. The van der Waals surface area contributed by atoms with Crippen molar-refractivity contribution < 1.29 is 22.7 Å². The summed E-state index contributed by atoms with van der Waals surface area (Å²) in [5.41, 5.74) is 1.32. The second-order valence-electron chi connectivity index (χ2n) is 7.10. The van der Waals surface area contributed by atoms with Gasteiger partial charge in [-0.15, -0.1) is 0 Å². The number of ether oxygens (including phenoxy) is 2. The first-order chi connectivity index (χ1) is 12.4. The number of nitrogens with zero attached hydrogens (tertiary/aromatic N) is 2. The Labute approximate surface area is 152 Å². The highest BCUT2D eigenvalue weighted by Gasteiger charge is 2.40. The molecule has 1 aromatic heterocycles. The molecular formula is C17H23N3O5S. The van der Waals surface area contributed by atoms with Crippen LogP contribution in [0.4, 0.5) is 5.69 Å². The van der Waals surface area contributed by atoms with Gasteiger partial charge in [0.05, 0.1) is 42.2 Å². The fourth-order valence-electron chi connectivity index (χ4n) is 3.79. The van der Waals surface area contributed by atoms with Crippen LogP contribution in [0.25, 0.3) is 0 Å². The first kappa shape index (κ1) is 17.7. The van der Waals surface area contributed by atoms with E-state index in [1.807, 2.05) is 0 Å². The van der Waals surface area contributed by atoms with Crippen molar-refractivity contribution >= 4 is 21.4 Å². The van der Waals surface area contributed by atoms with Crippen LogP contribution in [0, 0.1) is 0 Å². The maximum Gasteiger partial charge on any atom is 0.253 e. The molecule has 0 aromatic carbocycles. The summed E-state index contributed by atoms with van der Waals surface area (Å²) in [7, 11) is -3.02. The molecule has 3 fully saturated rings. The summed E-state index contributed by atoms with van der Waals surface area (Å²) in [6, 6.07) is 1.49. The maximum atomic E-state index is 12.4. The molecule has 1 N–H and O–H groups in total. The minimum atomic E-state index is -3.02. The molecule has 1 atom stereocenters. The van der Waals surface area contributed by atoms with Crippen LogP contribution in [-0.2, 0) is 19.3 Å². The average molecular weight is 381 g/mol. The Hall–Kier alpha value is -1.71. The van der Waals surface area contributed by atoms with E-state index in [2.05, 4.69) is 15.2 Å². The average Bonchev–Trinajstić information content (AvgIpc) is 3.22. The van der Waals surface area contributed by atoms with Gasteiger partial charge in [-0.3, -0.25) is 9.78 Å². The number of piperidine rings is 1. The van der Waals surface area contributed by atoms with E-state index in [1.54, 1.807) is 12.3 Å². The van der Waals surface area contributed by atoms with E-state index in [0.717, 1.165) is 31.6 Å². The third-order valence-corrected chi connectivity index (χ3v) is 7.03. The summed E-state index contributed by atoms with van der Waals surface area (Å²) in [4.78, 5) is 18.8. The van der Waals surface area contributed by atoms with Gasteiger partial charge in [0, 0.05) is 38.2 Å². The highest BCUT2D eigenvalue weighted by Crippen LogP contribution is 2.33. The van der Waals surface area contributed by atoms with Gasteiger partial charge in [-0.1, -0.05) is 0 Å². The topological polar surface area (TPSA) is 97.8 Å². The minimum absolute atomic E-state index is 0.0140. The molecular weight excluding hydrogens is 358 g/mol. The molecule has 1 spiro atoms. The van der Waals surface area contributed by atoms with E-state index in [9.17, 15) is 13.2 Å². The standard InChI is InChI=1S/C17H23N3O5S/c21-16(19-14-1-8-26(22,23)12-14)13-9-15(11-18-10-13)20-4-2-17(3-5-20)24-6-7-25-17/h9-11,14H,1-8,12H2,(H,19,21). The van der Waals surface area contributed by atoms with E-state index in [0.29, 0.717) is 25.2 Å². The Morgan fingerprint density at radius 1 is 1.23 bits per heavy atom. The number of rotatable bonds is 3.